The first-order chi connectivity index (χ1) is 13.6. The van der Waals surface area contributed by atoms with E-state index in [1.807, 2.05) is 0 Å². The number of aliphatic imine (C=N–C) groups is 1. The van der Waals surface area contributed by atoms with E-state index in [2.05, 4.69) is 10.3 Å². The molecule has 2 rings (SSSR count). The molecule has 0 radical (unpaired) electrons. The molecule has 8 nitrogen and oxygen atoms in total. The first-order valence-electron chi connectivity index (χ1n) is 9.10. The molecule has 0 bridgehead atoms. The van der Waals surface area contributed by atoms with Crippen LogP contribution in [0.2, 0.25) is 0 Å². The topological polar surface area (TPSA) is 97.3 Å². The lowest BCUT2D eigenvalue weighted by Crippen LogP contribution is -2.40. The van der Waals surface area contributed by atoms with Crippen LogP contribution in [0.4, 0.5) is 14.9 Å². The summed E-state index contributed by atoms with van der Waals surface area (Å²) in [5, 5.41) is 2.44. The number of hydrogen-bond donors (Lipinski definition) is 1. The van der Waals surface area contributed by atoms with Crippen molar-refractivity contribution in [1.29, 1.82) is 0 Å². The molecule has 0 atom stereocenters. The van der Waals surface area contributed by atoms with Crippen molar-refractivity contribution < 1.29 is 27.1 Å². The Hall–Kier alpha value is -2.30. The van der Waals surface area contributed by atoms with Gasteiger partial charge in [0.2, 0.25) is 10.0 Å². The molecule has 0 aliphatic carbocycles. The van der Waals surface area contributed by atoms with Crippen molar-refractivity contribution in [2.75, 3.05) is 32.8 Å². The van der Waals surface area contributed by atoms with Gasteiger partial charge in [-0.25, -0.2) is 17.6 Å². The number of hydrogen-bond acceptors (Lipinski definition) is 6. The van der Waals surface area contributed by atoms with Crippen LogP contribution in [0.15, 0.2) is 46.1 Å². The van der Waals surface area contributed by atoms with Crippen LogP contribution in [0.3, 0.4) is 0 Å². The zero-order valence-corrected chi connectivity index (χ0v) is 17.5. The molecule has 0 unspecified atom stereocenters. The molecular formula is C19H26FN3O5S. The molecule has 1 heterocycles. The molecule has 1 aromatic rings. The molecule has 1 N–H and O–H groups in total. The zero-order valence-electron chi connectivity index (χ0n) is 16.7. The first-order valence-corrected chi connectivity index (χ1v) is 10.5. The van der Waals surface area contributed by atoms with Gasteiger partial charge in [0.1, 0.15) is 5.60 Å². The highest BCUT2D eigenvalue weighted by atomic mass is 32.2. The maximum Gasteiger partial charge on any atom is 0.407 e. The fourth-order valence-corrected chi connectivity index (χ4v) is 3.81. The lowest BCUT2D eigenvalue weighted by Gasteiger charge is -2.26. The van der Waals surface area contributed by atoms with Crippen LogP contribution in [-0.4, -0.2) is 63.5 Å². The number of benzene rings is 1. The summed E-state index contributed by atoms with van der Waals surface area (Å²) in [7, 11) is -3.58. The van der Waals surface area contributed by atoms with Gasteiger partial charge in [0.15, 0.2) is 0 Å². The highest BCUT2D eigenvalue weighted by Crippen LogP contribution is 2.20. The predicted molar refractivity (Wildman–Crippen MR) is 108 cm³/mol. The van der Waals surface area contributed by atoms with E-state index >= 15 is 0 Å². The van der Waals surface area contributed by atoms with Crippen LogP contribution >= 0.6 is 0 Å². The predicted octanol–water partition coefficient (Wildman–Crippen LogP) is 2.79. The van der Waals surface area contributed by atoms with Crippen molar-refractivity contribution in [2.45, 2.75) is 31.3 Å². The van der Waals surface area contributed by atoms with E-state index in [1.165, 1.54) is 34.8 Å². The van der Waals surface area contributed by atoms with Crippen molar-refractivity contribution in [3.05, 3.63) is 36.2 Å². The Kier molecular flexibility index (Phi) is 7.88. The highest BCUT2D eigenvalue weighted by Gasteiger charge is 2.26. The Bertz CT molecular complexity index is 855. The molecule has 160 valence electrons. The number of ether oxygens (including phenoxy) is 2. The minimum absolute atomic E-state index is 0.0988. The second kappa shape index (κ2) is 9.95. The van der Waals surface area contributed by atoms with Gasteiger partial charge in [0, 0.05) is 31.4 Å². The molecule has 1 aromatic carbocycles. The summed E-state index contributed by atoms with van der Waals surface area (Å²) in [5.74, 6) is 0. The minimum atomic E-state index is -3.58. The standard InChI is InChI=1S/C19H26FN3O5S/c1-19(2,3)28-18(24)22-14-15(12-20)13-21-16-4-6-17(7-5-16)29(25,26)23-8-10-27-11-9-23/h4-7,12-13H,8-11,14H2,1-3H3,(H,22,24). The van der Waals surface area contributed by atoms with Crippen molar-refractivity contribution in [3.63, 3.8) is 0 Å². The van der Waals surface area contributed by atoms with E-state index in [0.717, 1.165) is 0 Å². The van der Waals surface area contributed by atoms with E-state index in [0.29, 0.717) is 38.3 Å². The summed E-state index contributed by atoms with van der Waals surface area (Å²) >= 11 is 0. The number of sulfonamides is 1. The number of nitrogens with one attached hydrogen (secondary N) is 1. The van der Waals surface area contributed by atoms with Gasteiger partial charge >= 0.3 is 6.09 Å². The number of carbonyl (C=O) groups is 1. The number of morpholine rings is 1. The Morgan fingerprint density at radius 3 is 2.45 bits per heavy atom. The minimum Gasteiger partial charge on any atom is -0.444 e. The molecule has 1 saturated heterocycles. The lowest BCUT2D eigenvalue weighted by atomic mass is 10.2. The van der Waals surface area contributed by atoms with Gasteiger partial charge in [0.05, 0.1) is 30.1 Å². The third-order valence-corrected chi connectivity index (χ3v) is 5.71. The van der Waals surface area contributed by atoms with Gasteiger partial charge in [-0.3, -0.25) is 4.99 Å². The average molecular weight is 427 g/mol. The third-order valence-electron chi connectivity index (χ3n) is 3.80. The number of nitrogens with zero attached hydrogens (tertiary/aromatic N) is 2. The number of rotatable bonds is 6. The molecule has 10 heteroatoms. The Labute approximate surface area is 170 Å². The molecular weight excluding hydrogens is 401 g/mol. The van der Waals surface area contributed by atoms with Gasteiger partial charge in [-0.2, -0.15) is 4.31 Å². The fourth-order valence-electron chi connectivity index (χ4n) is 2.40. The summed E-state index contributed by atoms with van der Waals surface area (Å²) in [6, 6.07) is 5.96. The average Bonchev–Trinajstić information content (AvgIpc) is 2.68. The van der Waals surface area contributed by atoms with Crippen LogP contribution in [0, 0.1) is 0 Å². The van der Waals surface area contributed by atoms with Crippen molar-refractivity contribution >= 4 is 28.0 Å². The Balaban J connectivity index is 1.97. The van der Waals surface area contributed by atoms with Crippen LogP contribution in [-0.2, 0) is 19.5 Å². The molecule has 0 spiro atoms. The van der Waals surface area contributed by atoms with Gasteiger partial charge in [-0.1, -0.05) is 0 Å². The second-order valence-electron chi connectivity index (χ2n) is 7.31. The van der Waals surface area contributed by atoms with E-state index in [4.69, 9.17) is 9.47 Å². The SMILES string of the molecule is CC(C)(C)OC(=O)NCC(C=Nc1ccc(S(=O)(=O)N2CCOCC2)cc1)=CF. The lowest BCUT2D eigenvalue weighted by molar-refractivity contribution is 0.0533. The van der Waals surface area contributed by atoms with Crippen LogP contribution in [0.1, 0.15) is 20.8 Å². The number of amides is 1. The van der Waals surface area contributed by atoms with Crippen LogP contribution < -0.4 is 5.32 Å². The molecule has 29 heavy (non-hydrogen) atoms. The molecule has 1 fully saturated rings. The second-order valence-corrected chi connectivity index (χ2v) is 9.25. The summed E-state index contributed by atoms with van der Waals surface area (Å²) < 4.78 is 49.8. The summed E-state index contributed by atoms with van der Waals surface area (Å²) in [5.41, 5.74) is -0.0791. The van der Waals surface area contributed by atoms with Gasteiger partial charge < -0.3 is 14.8 Å². The van der Waals surface area contributed by atoms with Crippen molar-refractivity contribution in [1.82, 2.24) is 9.62 Å². The van der Waals surface area contributed by atoms with Gasteiger partial charge in [-0.15, -0.1) is 0 Å². The normalized spacial score (nSPS) is 16.8. The Morgan fingerprint density at radius 2 is 1.90 bits per heavy atom. The highest BCUT2D eigenvalue weighted by molar-refractivity contribution is 7.89. The summed E-state index contributed by atoms with van der Waals surface area (Å²) in [6.07, 6.45) is 0.920. The smallest absolute Gasteiger partial charge is 0.407 e. The monoisotopic (exact) mass is 427 g/mol. The number of alkyl carbamates (subject to hydrolysis) is 1. The molecule has 1 amide bonds. The molecule has 0 saturated carbocycles. The first kappa shape index (κ1) is 23.0. The van der Waals surface area contributed by atoms with Crippen LogP contribution in [0.5, 0.6) is 0 Å². The maximum atomic E-state index is 13.0. The van der Waals surface area contributed by atoms with E-state index in [-0.39, 0.29) is 17.0 Å². The van der Waals surface area contributed by atoms with Crippen molar-refractivity contribution in [2.24, 2.45) is 4.99 Å². The molecule has 1 aliphatic heterocycles. The van der Waals surface area contributed by atoms with E-state index < -0.39 is 21.7 Å². The van der Waals surface area contributed by atoms with E-state index in [1.54, 1.807) is 20.8 Å². The maximum absolute atomic E-state index is 13.0. The third kappa shape index (κ3) is 7.22. The fraction of sp³-hybridized carbons (Fsp3) is 0.474. The molecule has 0 aromatic heterocycles. The van der Waals surface area contributed by atoms with Crippen molar-refractivity contribution in [3.8, 4) is 0 Å². The molecule has 1 aliphatic rings. The zero-order chi connectivity index (χ0) is 21.5. The summed E-state index contributed by atoms with van der Waals surface area (Å²) in [4.78, 5) is 15.9. The number of halogens is 1. The van der Waals surface area contributed by atoms with Gasteiger partial charge in [0.25, 0.3) is 0 Å². The van der Waals surface area contributed by atoms with Gasteiger partial charge in [-0.05, 0) is 45.0 Å². The number of carbonyl (C=O) groups excluding carboxylic acids is 1. The summed E-state index contributed by atoms with van der Waals surface area (Å²) in [6.45, 7) is 6.46. The van der Waals surface area contributed by atoms with E-state index in [9.17, 15) is 17.6 Å². The largest absolute Gasteiger partial charge is 0.444 e. The quantitative estimate of drug-likeness (QED) is 0.704. The Morgan fingerprint density at radius 1 is 1.28 bits per heavy atom. The van der Waals surface area contributed by atoms with Crippen LogP contribution in [0.25, 0.3) is 0 Å².